The molecule has 2 rings (SSSR count). The highest BCUT2D eigenvalue weighted by molar-refractivity contribution is 5.22. The molecule has 0 bridgehead atoms. The van der Waals surface area contributed by atoms with E-state index in [1.807, 2.05) is 6.08 Å². The van der Waals surface area contributed by atoms with Crippen LogP contribution in [0.3, 0.4) is 0 Å². The van der Waals surface area contributed by atoms with E-state index in [2.05, 4.69) is 62.2 Å². The topological polar surface area (TPSA) is 32.5 Å². The molecule has 146 valence electrons. The fourth-order valence-electron chi connectivity index (χ4n) is 4.36. The van der Waals surface area contributed by atoms with Crippen LogP contribution in [0.5, 0.6) is 0 Å². The Morgan fingerprint density at radius 3 is 2.73 bits per heavy atom. The van der Waals surface area contributed by atoms with Gasteiger partial charge in [-0.05, 0) is 65.8 Å². The SMILES string of the molecule is C=CCCC(=C)C(C)N(C)C1CCCC(N(N)C(C)C2=CC=CCC2)C1. The highest BCUT2D eigenvalue weighted by Gasteiger charge is 2.32. The Labute approximate surface area is 161 Å². The van der Waals surface area contributed by atoms with Gasteiger partial charge in [0, 0.05) is 24.2 Å². The lowest BCUT2D eigenvalue weighted by Gasteiger charge is -2.43. The van der Waals surface area contributed by atoms with Gasteiger partial charge in [0.1, 0.15) is 0 Å². The zero-order valence-electron chi connectivity index (χ0n) is 17.2. The highest BCUT2D eigenvalue weighted by Crippen LogP contribution is 2.30. The third kappa shape index (κ3) is 5.42. The number of likely N-dealkylation sites (N-methyl/N-ethyl adjacent to an activating group) is 1. The first kappa shape index (κ1) is 21.1. The molecule has 0 aromatic carbocycles. The van der Waals surface area contributed by atoms with Crippen LogP contribution >= 0.6 is 0 Å². The molecule has 2 N–H and O–H groups in total. The third-order valence-corrected chi connectivity index (χ3v) is 6.52. The zero-order valence-corrected chi connectivity index (χ0v) is 17.2. The van der Waals surface area contributed by atoms with Crippen LogP contribution in [-0.2, 0) is 0 Å². The second-order valence-corrected chi connectivity index (χ2v) is 8.13. The molecule has 0 amide bonds. The van der Waals surface area contributed by atoms with E-state index in [1.54, 1.807) is 0 Å². The normalized spacial score (nSPS) is 25.8. The average Bonchev–Trinajstić information content (AvgIpc) is 2.70. The standard InChI is InChI=1S/C23H39N3/c1-6-7-12-18(2)19(3)25(5)22-15-11-16-23(17-22)26(24)20(4)21-13-9-8-10-14-21/h6,8-9,13,19-20,22-23H,1-2,7,10-12,14-17,24H2,3-5H3. The molecule has 4 unspecified atom stereocenters. The number of nitrogens with two attached hydrogens (primary N) is 1. The van der Waals surface area contributed by atoms with E-state index in [9.17, 15) is 0 Å². The Morgan fingerprint density at radius 2 is 2.08 bits per heavy atom. The Morgan fingerprint density at radius 1 is 1.35 bits per heavy atom. The Balaban J connectivity index is 1.94. The molecule has 0 radical (unpaired) electrons. The highest BCUT2D eigenvalue weighted by atomic mass is 15.4. The van der Waals surface area contributed by atoms with Gasteiger partial charge < -0.3 is 0 Å². The van der Waals surface area contributed by atoms with Crippen LogP contribution in [-0.4, -0.2) is 41.1 Å². The molecular weight excluding hydrogens is 318 g/mol. The first-order valence-electron chi connectivity index (χ1n) is 10.3. The molecule has 0 aliphatic heterocycles. The van der Waals surface area contributed by atoms with E-state index in [4.69, 9.17) is 5.84 Å². The van der Waals surface area contributed by atoms with Crippen LogP contribution < -0.4 is 5.84 Å². The minimum absolute atomic E-state index is 0.328. The molecule has 1 fully saturated rings. The van der Waals surface area contributed by atoms with Gasteiger partial charge in [0.2, 0.25) is 0 Å². The maximum Gasteiger partial charge on any atom is 0.0428 e. The van der Waals surface area contributed by atoms with Crippen molar-refractivity contribution in [2.24, 2.45) is 5.84 Å². The van der Waals surface area contributed by atoms with Gasteiger partial charge in [-0.15, -0.1) is 6.58 Å². The minimum Gasteiger partial charge on any atom is -0.297 e. The first-order valence-corrected chi connectivity index (χ1v) is 10.3. The van der Waals surface area contributed by atoms with Crippen molar-refractivity contribution in [1.29, 1.82) is 0 Å². The molecule has 1 saturated carbocycles. The predicted molar refractivity (Wildman–Crippen MR) is 114 cm³/mol. The lowest BCUT2D eigenvalue weighted by Crippen LogP contribution is -2.53. The molecule has 0 aromatic rings. The fraction of sp³-hybridized carbons (Fsp3) is 0.652. The quantitative estimate of drug-likeness (QED) is 0.359. The molecule has 0 saturated heterocycles. The largest absolute Gasteiger partial charge is 0.297 e. The van der Waals surface area contributed by atoms with Crippen LogP contribution in [0.2, 0.25) is 0 Å². The van der Waals surface area contributed by atoms with Gasteiger partial charge in [-0.1, -0.05) is 48.5 Å². The molecule has 0 heterocycles. The number of rotatable bonds is 9. The Hall–Kier alpha value is -1.16. The Kier molecular flexibility index (Phi) is 8.33. The summed E-state index contributed by atoms with van der Waals surface area (Å²) in [7, 11) is 2.26. The summed E-state index contributed by atoms with van der Waals surface area (Å²) in [6.45, 7) is 12.7. The van der Waals surface area contributed by atoms with Crippen molar-refractivity contribution >= 4 is 0 Å². The van der Waals surface area contributed by atoms with E-state index in [1.165, 1.54) is 30.4 Å². The van der Waals surface area contributed by atoms with Crippen LogP contribution in [0.4, 0.5) is 0 Å². The van der Waals surface area contributed by atoms with Crippen molar-refractivity contribution < 1.29 is 0 Å². The second-order valence-electron chi connectivity index (χ2n) is 8.13. The maximum absolute atomic E-state index is 6.61. The number of hydrazine groups is 1. The van der Waals surface area contributed by atoms with E-state index >= 15 is 0 Å². The van der Waals surface area contributed by atoms with Crippen molar-refractivity contribution in [3.8, 4) is 0 Å². The first-order chi connectivity index (χ1) is 12.5. The molecule has 0 aromatic heterocycles. The van der Waals surface area contributed by atoms with Crippen molar-refractivity contribution in [1.82, 2.24) is 9.91 Å². The van der Waals surface area contributed by atoms with Gasteiger partial charge in [-0.2, -0.15) is 0 Å². The van der Waals surface area contributed by atoms with Crippen molar-refractivity contribution in [2.75, 3.05) is 7.05 Å². The van der Waals surface area contributed by atoms with Crippen LogP contribution in [0.25, 0.3) is 0 Å². The smallest absolute Gasteiger partial charge is 0.0428 e. The summed E-state index contributed by atoms with van der Waals surface area (Å²) in [6.07, 6.45) is 17.9. The van der Waals surface area contributed by atoms with Gasteiger partial charge in [0.05, 0.1) is 0 Å². The molecule has 2 aliphatic carbocycles. The summed E-state index contributed by atoms with van der Waals surface area (Å²) >= 11 is 0. The maximum atomic E-state index is 6.61. The molecule has 4 atom stereocenters. The van der Waals surface area contributed by atoms with E-state index < -0.39 is 0 Å². The number of hydrogen-bond donors (Lipinski definition) is 1. The van der Waals surface area contributed by atoms with E-state index in [-0.39, 0.29) is 0 Å². The van der Waals surface area contributed by atoms with E-state index in [0.717, 1.165) is 32.1 Å². The molecule has 3 nitrogen and oxygen atoms in total. The summed E-state index contributed by atoms with van der Waals surface area (Å²) in [5, 5.41) is 2.14. The summed E-state index contributed by atoms with van der Waals surface area (Å²) in [4.78, 5) is 2.53. The van der Waals surface area contributed by atoms with Gasteiger partial charge in [0.15, 0.2) is 0 Å². The number of allylic oxidation sites excluding steroid dienone is 4. The lowest BCUT2D eigenvalue weighted by atomic mass is 9.87. The molecule has 0 spiro atoms. The monoisotopic (exact) mass is 357 g/mol. The van der Waals surface area contributed by atoms with Gasteiger partial charge in [-0.3, -0.25) is 10.7 Å². The van der Waals surface area contributed by atoms with Gasteiger partial charge in [0.25, 0.3) is 0 Å². The zero-order chi connectivity index (χ0) is 19.1. The van der Waals surface area contributed by atoms with Crippen molar-refractivity contribution in [2.45, 2.75) is 89.4 Å². The van der Waals surface area contributed by atoms with Crippen LogP contribution in [0.15, 0.2) is 48.6 Å². The summed E-state index contributed by atoms with van der Waals surface area (Å²) in [5.41, 5.74) is 2.78. The molecule has 3 heteroatoms. The Bertz CT molecular complexity index is 534. The summed E-state index contributed by atoms with van der Waals surface area (Å²) < 4.78 is 0. The average molecular weight is 358 g/mol. The number of nitrogens with zero attached hydrogens (tertiary/aromatic N) is 2. The van der Waals surface area contributed by atoms with E-state index in [0.29, 0.717) is 24.2 Å². The van der Waals surface area contributed by atoms with Crippen molar-refractivity contribution in [3.05, 3.63) is 48.6 Å². The van der Waals surface area contributed by atoms with Gasteiger partial charge in [-0.25, -0.2) is 5.01 Å². The van der Waals surface area contributed by atoms with Crippen LogP contribution in [0, 0.1) is 0 Å². The lowest BCUT2D eigenvalue weighted by molar-refractivity contribution is 0.0713. The van der Waals surface area contributed by atoms with Crippen molar-refractivity contribution in [3.63, 3.8) is 0 Å². The molecular formula is C23H39N3. The molecule has 26 heavy (non-hydrogen) atoms. The second kappa shape index (κ2) is 10.2. The summed E-state index contributed by atoms with van der Waals surface area (Å²) in [6, 6.07) is 1.79. The predicted octanol–water partition coefficient (Wildman–Crippen LogP) is 4.98. The van der Waals surface area contributed by atoms with Gasteiger partial charge >= 0.3 is 0 Å². The molecule has 2 aliphatic rings. The summed E-state index contributed by atoms with van der Waals surface area (Å²) in [5.74, 6) is 6.61. The fourth-order valence-corrected chi connectivity index (χ4v) is 4.36. The minimum atomic E-state index is 0.328. The van der Waals surface area contributed by atoms with Crippen LogP contribution in [0.1, 0.15) is 65.2 Å². The third-order valence-electron chi connectivity index (χ3n) is 6.52. The number of hydrogen-bond acceptors (Lipinski definition) is 3.